The Morgan fingerprint density at radius 3 is 2.70 bits per heavy atom. The summed E-state index contributed by atoms with van der Waals surface area (Å²) in [6.45, 7) is 7.13. The van der Waals surface area contributed by atoms with Crippen LogP contribution in [0.15, 0.2) is 18.2 Å². The van der Waals surface area contributed by atoms with Crippen molar-refractivity contribution in [3.8, 4) is 0 Å². The molecule has 2 fully saturated rings. The number of hydrogen-bond donors (Lipinski definition) is 3. The molecular formula is C19H27FN4O3. The number of halogens is 1. The molecule has 2 aliphatic heterocycles. The van der Waals surface area contributed by atoms with Crippen LogP contribution in [0.25, 0.3) is 0 Å². The first-order chi connectivity index (χ1) is 13.0. The topological polar surface area (TPSA) is 82.7 Å². The van der Waals surface area contributed by atoms with Crippen LogP contribution >= 0.6 is 0 Å². The molecule has 0 bridgehead atoms. The number of morpholine rings is 1. The lowest BCUT2D eigenvalue weighted by Crippen LogP contribution is -2.48. The Balaban J connectivity index is 1.52. The smallest absolute Gasteiger partial charge is 0.227 e. The fraction of sp³-hybridized carbons (Fsp3) is 0.579. The van der Waals surface area contributed by atoms with Crippen molar-refractivity contribution in [3.63, 3.8) is 0 Å². The van der Waals surface area contributed by atoms with E-state index < -0.39 is 5.82 Å². The Labute approximate surface area is 158 Å². The molecule has 2 aliphatic rings. The molecule has 148 valence electrons. The van der Waals surface area contributed by atoms with Crippen molar-refractivity contribution < 1.29 is 18.7 Å². The summed E-state index contributed by atoms with van der Waals surface area (Å²) in [5.41, 5.74) is 0.557. The van der Waals surface area contributed by atoms with Gasteiger partial charge < -0.3 is 20.7 Å². The van der Waals surface area contributed by atoms with Gasteiger partial charge in [-0.1, -0.05) is 6.92 Å². The summed E-state index contributed by atoms with van der Waals surface area (Å²) >= 11 is 0. The van der Waals surface area contributed by atoms with Crippen molar-refractivity contribution in [2.45, 2.75) is 13.3 Å². The first kappa shape index (κ1) is 19.7. The minimum absolute atomic E-state index is 0.0812. The molecule has 0 saturated carbocycles. The summed E-state index contributed by atoms with van der Waals surface area (Å²) in [4.78, 5) is 26.6. The van der Waals surface area contributed by atoms with Crippen molar-refractivity contribution in [1.82, 2.24) is 10.2 Å². The van der Waals surface area contributed by atoms with E-state index in [0.717, 1.165) is 26.2 Å². The lowest BCUT2D eigenvalue weighted by molar-refractivity contribution is -0.121. The predicted octanol–water partition coefficient (Wildman–Crippen LogP) is 1.28. The third-order valence-electron chi connectivity index (χ3n) is 5.20. The first-order valence-electron chi connectivity index (χ1n) is 9.44. The van der Waals surface area contributed by atoms with Gasteiger partial charge >= 0.3 is 0 Å². The summed E-state index contributed by atoms with van der Waals surface area (Å²) in [6.07, 6.45) is 0.280. The van der Waals surface area contributed by atoms with Crippen LogP contribution in [0.1, 0.15) is 13.3 Å². The third kappa shape index (κ3) is 5.47. The second-order valence-electron chi connectivity index (χ2n) is 7.14. The van der Waals surface area contributed by atoms with E-state index in [2.05, 4.69) is 20.9 Å². The van der Waals surface area contributed by atoms with E-state index in [9.17, 15) is 14.0 Å². The van der Waals surface area contributed by atoms with Gasteiger partial charge in [-0.15, -0.1) is 0 Å². The van der Waals surface area contributed by atoms with E-state index in [1.807, 2.05) is 6.92 Å². The zero-order valence-electron chi connectivity index (χ0n) is 15.6. The summed E-state index contributed by atoms with van der Waals surface area (Å²) < 4.78 is 19.3. The van der Waals surface area contributed by atoms with E-state index >= 15 is 0 Å². The van der Waals surface area contributed by atoms with E-state index in [-0.39, 0.29) is 29.8 Å². The molecule has 2 amide bonds. The largest absolute Gasteiger partial charge is 0.379 e. The lowest BCUT2D eigenvalue weighted by atomic mass is 9.88. The molecule has 1 aromatic rings. The number of hydrogen-bond acceptors (Lipinski definition) is 5. The molecule has 1 unspecified atom stereocenters. The van der Waals surface area contributed by atoms with Gasteiger partial charge in [-0.3, -0.25) is 14.5 Å². The average Bonchev–Trinajstić information content (AvgIpc) is 2.62. The fourth-order valence-corrected chi connectivity index (χ4v) is 3.13. The zero-order valence-corrected chi connectivity index (χ0v) is 15.6. The van der Waals surface area contributed by atoms with Crippen LogP contribution in [0.3, 0.4) is 0 Å². The highest BCUT2D eigenvalue weighted by molar-refractivity contribution is 5.95. The van der Waals surface area contributed by atoms with E-state index in [1.54, 1.807) is 0 Å². The van der Waals surface area contributed by atoms with Gasteiger partial charge in [-0.2, -0.15) is 0 Å². The van der Waals surface area contributed by atoms with Gasteiger partial charge in [0, 0.05) is 37.7 Å². The highest BCUT2D eigenvalue weighted by atomic mass is 19.1. The molecule has 0 radical (unpaired) electrons. The SMILES string of the molecule is CC(C(=O)Nc1ccc(F)c(NC(=O)CCN2CCOCC2)c1)C1CNC1. The maximum Gasteiger partial charge on any atom is 0.227 e. The quantitative estimate of drug-likeness (QED) is 0.666. The second kappa shape index (κ2) is 9.25. The molecule has 2 saturated heterocycles. The van der Waals surface area contributed by atoms with Crippen LogP contribution in [0.2, 0.25) is 0 Å². The van der Waals surface area contributed by atoms with Crippen LogP contribution < -0.4 is 16.0 Å². The molecule has 3 rings (SSSR count). The molecule has 0 aromatic heterocycles. The Morgan fingerprint density at radius 2 is 2.04 bits per heavy atom. The monoisotopic (exact) mass is 378 g/mol. The maximum atomic E-state index is 14.1. The number of rotatable bonds is 7. The van der Waals surface area contributed by atoms with Crippen molar-refractivity contribution in [2.75, 3.05) is 56.6 Å². The van der Waals surface area contributed by atoms with Crippen LogP contribution in [0.5, 0.6) is 0 Å². The average molecular weight is 378 g/mol. The van der Waals surface area contributed by atoms with E-state index in [4.69, 9.17) is 4.74 Å². The highest BCUT2D eigenvalue weighted by Gasteiger charge is 2.28. The maximum absolute atomic E-state index is 14.1. The van der Waals surface area contributed by atoms with Gasteiger partial charge in [0.25, 0.3) is 0 Å². The zero-order chi connectivity index (χ0) is 19.2. The summed E-state index contributed by atoms with van der Waals surface area (Å²) in [5, 5.41) is 8.56. The van der Waals surface area contributed by atoms with Crippen molar-refractivity contribution in [3.05, 3.63) is 24.0 Å². The van der Waals surface area contributed by atoms with Gasteiger partial charge in [-0.05, 0) is 37.2 Å². The lowest BCUT2D eigenvalue weighted by Gasteiger charge is -2.31. The number of carbonyl (C=O) groups excluding carboxylic acids is 2. The van der Waals surface area contributed by atoms with Gasteiger partial charge in [0.05, 0.1) is 18.9 Å². The van der Waals surface area contributed by atoms with Crippen LogP contribution in [-0.4, -0.2) is 62.7 Å². The van der Waals surface area contributed by atoms with E-state index in [0.29, 0.717) is 31.4 Å². The number of amides is 2. The molecule has 7 nitrogen and oxygen atoms in total. The first-order valence-corrected chi connectivity index (χ1v) is 9.44. The highest BCUT2D eigenvalue weighted by Crippen LogP contribution is 2.22. The molecule has 1 aromatic carbocycles. The summed E-state index contributed by atoms with van der Waals surface area (Å²) in [6, 6.07) is 4.22. The number of benzene rings is 1. The van der Waals surface area contributed by atoms with Crippen LogP contribution in [0.4, 0.5) is 15.8 Å². The Bertz CT molecular complexity index is 675. The molecule has 27 heavy (non-hydrogen) atoms. The standard InChI is InChI=1S/C19H27FN4O3/c1-13(14-11-21-12-14)19(26)22-15-2-3-16(20)17(10-15)23-18(25)4-5-24-6-8-27-9-7-24/h2-3,10,13-14,21H,4-9,11-12H2,1H3,(H,22,26)(H,23,25). The summed E-state index contributed by atoms with van der Waals surface area (Å²) in [5.74, 6) is -0.674. The van der Waals surface area contributed by atoms with Gasteiger partial charge in [0.15, 0.2) is 0 Å². The van der Waals surface area contributed by atoms with E-state index in [1.165, 1.54) is 18.2 Å². The fourth-order valence-electron chi connectivity index (χ4n) is 3.13. The Kier molecular flexibility index (Phi) is 6.76. The molecule has 0 aliphatic carbocycles. The molecule has 8 heteroatoms. The molecule has 0 spiro atoms. The second-order valence-corrected chi connectivity index (χ2v) is 7.14. The number of nitrogens with one attached hydrogen (secondary N) is 3. The number of nitrogens with zero attached hydrogens (tertiary/aromatic N) is 1. The predicted molar refractivity (Wildman–Crippen MR) is 101 cm³/mol. The van der Waals surface area contributed by atoms with Crippen LogP contribution in [0, 0.1) is 17.7 Å². The third-order valence-corrected chi connectivity index (χ3v) is 5.20. The number of ether oxygens (including phenoxy) is 1. The normalized spacial score (nSPS) is 19.2. The van der Waals surface area contributed by atoms with Crippen molar-refractivity contribution >= 4 is 23.2 Å². The summed E-state index contributed by atoms with van der Waals surface area (Å²) in [7, 11) is 0. The molecule has 3 N–H and O–H groups in total. The minimum atomic E-state index is -0.524. The van der Waals surface area contributed by atoms with Crippen molar-refractivity contribution in [1.29, 1.82) is 0 Å². The Morgan fingerprint density at radius 1 is 1.30 bits per heavy atom. The minimum Gasteiger partial charge on any atom is -0.379 e. The van der Waals surface area contributed by atoms with Crippen molar-refractivity contribution in [2.24, 2.45) is 11.8 Å². The number of carbonyl (C=O) groups is 2. The van der Waals surface area contributed by atoms with Gasteiger partial charge in [0.1, 0.15) is 5.82 Å². The van der Waals surface area contributed by atoms with Gasteiger partial charge in [-0.25, -0.2) is 4.39 Å². The van der Waals surface area contributed by atoms with Gasteiger partial charge in [0.2, 0.25) is 11.8 Å². The molecular weight excluding hydrogens is 351 g/mol. The Hall–Kier alpha value is -2.03. The number of anilines is 2. The molecule has 1 atom stereocenters. The molecule has 2 heterocycles. The van der Waals surface area contributed by atoms with Crippen LogP contribution in [-0.2, 0) is 14.3 Å².